The van der Waals surface area contributed by atoms with Crippen molar-refractivity contribution in [3.05, 3.63) is 62.6 Å². The van der Waals surface area contributed by atoms with Crippen LogP contribution in [0.15, 0.2) is 45.6 Å². The molecule has 0 saturated carbocycles. The lowest BCUT2D eigenvalue weighted by Crippen LogP contribution is -2.35. The smallest absolute Gasteiger partial charge is 0.408 e. The summed E-state index contributed by atoms with van der Waals surface area (Å²) >= 11 is 12.0. The number of oxazole rings is 1. The van der Waals surface area contributed by atoms with Gasteiger partial charge in [-0.1, -0.05) is 29.3 Å². The third-order valence-electron chi connectivity index (χ3n) is 4.75. The molecule has 0 aliphatic carbocycles. The zero-order chi connectivity index (χ0) is 20.0. The van der Waals surface area contributed by atoms with Gasteiger partial charge in [-0.25, -0.2) is 4.79 Å². The van der Waals surface area contributed by atoms with E-state index in [-0.39, 0.29) is 31.6 Å². The molecule has 0 N–H and O–H groups in total. The summed E-state index contributed by atoms with van der Waals surface area (Å²) in [5.74, 6) is -1.23. The largest absolute Gasteiger partial charge is 0.420 e. The lowest BCUT2D eigenvalue weighted by atomic mass is 10.2. The molecule has 0 bridgehead atoms. The summed E-state index contributed by atoms with van der Waals surface area (Å²) in [5, 5.41) is 0.975. The minimum atomic E-state index is -0.654. The number of carbonyl (C=O) groups is 2. The molecule has 9 heteroatoms. The van der Waals surface area contributed by atoms with E-state index in [1.807, 2.05) is 6.92 Å². The molecule has 1 aliphatic rings. The van der Waals surface area contributed by atoms with Crippen LogP contribution in [-0.4, -0.2) is 34.5 Å². The van der Waals surface area contributed by atoms with E-state index in [0.29, 0.717) is 26.8 Å². The second-order valence-corrected chi connectivity index (χ2v) is 7.35. The zero-order valence-electron chi connectivity index (χ0n) is 14.8. The van der Waals surface area contributed by atoms with Crippen molar-refractivity contribution in [2.75, 3.05) is 18.1 Å². The molecule has 3 aromatic rings. The highest BCUT2D eigenvalue weighted by atomic mass is 35.5. The van der Waals surface area contributed by atoms with E-state index in [9.17, 15) is 14.4 Å². The number of amides is 2. The average Bonchev–Trinajstić information content (AvgIpc) is 3.17. The number of benzene rings is 2. The summed E-state index contributed by atoms with van der Waals surface area (Å²) in [6.45, 7) is 1.61. The lowest BCUT2D eigenvalue weighted by molar-refractivity contribution is -0.132. The van der Waals surface area contributed by atoms with Crippen LogP contribution < -0.4 is 10.7 Å². The van der Waals surface area contributed by atoms with Crippen LogP contribution in [0.25, 0.3) is 11.1 Å². The average molecular weight is 420 g/mol. The number of nitrogens with zero attached hydrogens (tertiary/aromatic N) is 3. The second-order valence-electron chi connectivity index (χ2n) is 6.51. The zero-order valence-corrected chi connectivity index (χ0v) is 16.3. The van der Waals surface area contributed by atoms with Crippen molar-refractivity contribution in [3.8, 4) is 0 Å². The van der Waals surface area contributed by atoms with Gasteiger partial charge in [0.1, 0.15) is 19.8 Å². The van der Waals surface area contributed by atoms with Crippen molar-refractivity contribution in [1.82, 2.24) is 9.47 Å². The van der Waals surface area contributed by atoms with Gasteiger partial charge >= 0.3 is 5.76 Å². The van der Waals surface area contributed by atoms with E-state index in [1.165, 1.54) is 20.4 Å². The molecular formula is C19H15Cl2N3O4. The SMILES string of the molecule is Cc1c(Cl)cccc1N1CN(C(=O)Cn2c(=O)oc3cc(Cl)ccc32)CC1=O. The first-order valence-corrected chi connectivity index (χ1v) is 9.23. The number of hydrogen-bond donors (Lipinski definition) is 0. The van der Waals surface area contributed by atoms with Gasteiger partial charge < -0.3 is 9.32 Å². The molecule has 0 spiro atoms. The molecule has 1 aliphatic heterocycles. The van der Waals surface area contributed by atoms with Gasteiger partial charge in [0.05, 0.1) is 5.52 Å². The standard InChI is InChI=1S/C19H15Cl2N3O4/c1-11-13(21)3-2-4-14(11)24-10-22(8-18(24)26)17(25)9-23-15-6-5-12(20)7-16(15)28-19(23)27/h2-7H,8-10H2,1H3. The molecule has 2 heterocycles. The van der Waals surface area contributed by atoms with Crippen molar-refractivity contribution in [1.29, 1.82) is 0 Å². The third-order valence-corrected chi connectivity index (χ3v) is 5.39. The summed E-state index contributed by atoms with van der Waals surface area (Å²) in [6, 6.07) is 10.0. The number of anilines is 1. The fraction of sp³-hybridized carbons (Fsp3) is 0.211. The summed E-state index contributed by atoms with van der Waals surface area (Å²) in [6.07, 6.45) is 0. The van der Waals surface area contributed by atoms with Crippen LogP contribution in [0.2, 0.25) is 10.0 Å². The number of hydrogen-bond acceptors (Lipinski definition) is 4. The van der Waals surface area contributed by atoms with E-state index >= 15 is 0 Å². The highest BCUT2D eigenvalue weighted by Gasteiger charge is 2.33. The minimum absolute atomic E-state index is 0.0683. The minimum Gasteiger partial charge on any atom is -0.408 e. The third kappa shape index (κ3) is 3.16. The molecule has 2 amide bonds. The van der Waals surface area contributed by atoms with Gasteiger partial charge in [0.2, 0.25) is 11.8 Å². The van der Waals surface area contributed by atoms with Crippen LogP contribution >= 0.6 is 23.2 Å². The van der Waals surface area contributed by atoms with Crippen molar-refractivity contribution in [2.45, 2.75) is 13.5 Å². The van der Waals surface area contributed by atoms with E-state index in [1.54, 1.807) is 30.3 Å². The molecule has 0 unspecified atom stereocenters. The molecule has 4 rings (SSSR count). The van der Waals surface area contributed by atoms with Crippen molar-refractivity contribution in [3.63, 3.8) is 0 Å². The normalized spacial score (nSPS) is 14.3. The molecule has 1 fully saturated rings. The van der Waals surface area contributed by atoms with Crippen LogP contribution in [0.3, 0.4) is 0 Å². The number of carbonyl (C=O) groups excluding carboxylic acids is 2. The second kappa shape index (κ2) is 7.00. The van der Waals surface area contributed by atoms with E-state index in [4.69, 9.17) is 27.6 Å². The van der Waals surface area contributed by atoms with Gasteiger partial charge in [-0.05, 0) is 36.8 Å². The summed E-state index contributed by atoms with van der Waals surface area (Å²) in [7, 11) is 0. The van der Waals surface area contributed by atoms with Crippen molar-refractivity contribution in [2.24, 2.45) is 0 Å². The first-order valence-electron chi connectivity index (χ1n) is 8.47. The molecule has 144 valence electrons. The van der Waals surface area contributed by atoms with Crippen molar-refractivity contribution >= 4 is 51.8 Å². The van der Waals surface area contributed by atoms with E-state index in [2.05, 4.69) is 0 Å². The van der Waals surface area contributed by atoms with Crippen LogP contribution in [-0.2, 0) is 16.1 Å². The number of halogens is 2. The molecular weight excluding hydrogens is 405 g/mol. The van der Waals surface area contributed by atoms with Crippen molar-refractivity contribution < 1.29 is 14.0 Å². The fourth-order valence-electron chi connectivity index (χ4n) is 3.24. The van der Waals surface area contributed by atoms with Crippen LogP contribution in [0.5, 0.6) is 0 Å². The maximum atomic E-state index is 12.7. The van der Waals surface area contributed by atoms with E-state index in [0.717, 1.165) is 5.56 Å². The van der Waals surface area contributed by atoms with Crippen LogP contribution in [0.4, 0.5) is 5.69 Å². The van der Waals surface area contributed by atoms with Gasteiger partial charge in [-0.15, -0.1) is 0 Å². The maximum absolute atomic E-state index is 12.7. The Kier molecular flexibility index (Phi) is 4.64. The monoisotopic (exact) mass is 419 g/mol. The molecule has 2 aromatic carbocycles. The number of rotatable bonds is 3. The lowest BCUT2D eigenvalue weighted by Gasteiger charge is -2.20. The Morgan fingerprint density at radius 2 is 1.96 bits per heavy atom. The maximum Gasteiger partial charge on any atom is 0.420 e. The fourth-order valence-corrected chi connectivity index (χ4v) is 3.57. The molecule has 0 atom stereocenters. The summed E-state index contributed by atoms with van der Waals surface area (Å²) in [5.41, 5.74) is 2.20. The first kappa shape index (κ1) is 18.6. The van der Waals surface area contributed by atoms with Gasteiger partial charge in [0.15, 0.2) is 5.58 Å². The highest BCUT2D eigenvalue weighted by molar-refractivity contribution is 6.32. The molecule has 0 radical (unpaired) electrons. The Morgan fingerprint density at radius 3 is 2.75 bits per heavy atom. The van der Waals surface area contributed by atoms with Crippen LogP contribution in [0, 0.1) is 6.92 Å². The van der Waals surface area contributed by atoms with Crippen LogP contribution in [0.1, 0.15) is 5.56 Å². The first-order chi connectivity index (χ1) is 13.3. The predicted molar refractivity (Wildman–Crippen MR) is 106 cm³/mol. The topological polar surface area (TPSA) is 75.8 Å². The van der Waals surface area contributed by atoms with Gasteiger partial charge in [-0.2, -0.15) is 0 Å². The number of fused-ring (bicyclic) bond motifs is 1. The van der Waals surface area contributed by atoms with Gasteiger partial charge in [0, 0.05) is 21.8 Å². The number of aromatic nitrogens is 1. The predicted octanol–water partition coefficient (Wildman–Crippen LogP) is 3.04. The Hall–Kier alpha value is -2.77. The summed E-state index contributed by atoms with van der Waals surface area (Å²) in [4.78, 5) is 40.2. The Balaban J connectivity index is 1.57. The quantitative estimate of drug-likeness (QED) is 0.653. The highest BCUT2D eigenvalue weighted by Crippen LogP contribution is 2.29. The molecule has 7 nitrogen and oxygen atoms in total. The molecule has 28 heavy (non-hydrogen) atoms. The van der Waals surface area contributed by atoms with Gasteiger partial charge in [0.25, 0.3) is 0 Å². The Bertz CT molecular complexity index is 1170. The summed E-state index contributed by atoms with van der Waals surface area (Å²) < 4.78 is 6.37. The molecule has 1 aromatic heterocycles. The molecule has 1 saturated heterocycles. The van der Waals surface area contributed by atoms with Gasteiger partial charge in [-0.3, -0.25) is 19.1 Å². The Morgan fingerprint density at radius 1 is 1.18 bits per heavy atom. The Labute approximate surface area is 169 Å². The van der Waals surface area contributed by atoms with E-state index < -0.39 is 5.76 Å².